The van der Waals surface area contributed by atoms with E-state index in [2.05, 4.69) is 10.3 Å². The lowest BCUT2D eigenvalue weighted by molar-refractivity contribution is -0.116. The molecule has 1 aromatic heterocycles. The zero-order chi connectivity index (χ0) is 14.4. The molecule has 0 aliphatic carbocycles. The summed E-state index contributed by atoms with van der Waals surface area (Å²) < 4.78 is 0. The molecule has 0 radical (unpaired) electrons. The summed E-state index contributed by atoms with van der Waals surface area (Å²) in [6.45, 7) is 0.424. The van der Waals surface area contributed by atoms with Crippen LogP contribution in [-0.4, -0.2) is 10.9 Å². The molecule has 0 unspecified atom stereocenters. The summed E-state index contributed by atoms with van der Waals surface area (Å²) in [6.07, 6.45) is 6.40. The highest BCUT2D eigenvalue weighted by Crippen LogP contribution is 2.25. The molecule has 1 amide bonds. The highest BCUT2D eigenvalue weighted by molar-refractivity contribution is 6.37. The molecule has 0 spiro atoms. The van der Waals surface area contributed by atoms with Gasteiger partial charge in [0.2, 0.25) is 5.91 Å². The molecule has 20 heavy (non-hydrogen) atoms. The third-order valence-electron chi connectivity index (χ3n) is 2.59. The van der Waals surface area contributed by atoms with Crippen molar-refractivity contribution in [2.24, 2.45) is 0 Å². The average molecular weight is 307 g/mol. The van der Waals surface area contributed by atoms with Gasteiger partial charge in [-0.3, -0.25) is 9.78 Å². The van der Waals surface area contributed by atoms with Crippen LogP contribution in [-0.2, 0) is 11.3 Å². The van der Waals surface area contributed by atoms with Gasteiger partial charge in [0, 0.05) is 40.6 Å². The fourth-order valence-electron chi connectivity index (χ4n) is 1.58. The molecule has 5 heteroatoms. The van der Waals surface area contributed by atoms with Crippen LogP contribution < -0.4 is 5.32 Å². The van der Waals surface area contributed by atoms with Crippen LogP contribution in [0.3, 0.4) is 0 Å². The summed E-state index contributed by atoms with van der Waals surface area (Å²) in [4.78, 5) is 15.7. The maximum absolute atomic E-state index is 11.7. The molecule has 102 valence electrons. The van der Waals surface area contributed by atoms with E-state index in [0.717, 1.165) is 5.56 Å². The number of nitrogens with zero attached hydrogens (tertiary/aromatic N) is 1. The maximum atomic E-state index is 11.7. The van der Waals surface area contributed by atoms with Crippen LogP contribution in [0.1, 0.15) is 11.1 Å². The van der Waals surface area contributed by atoms with Crippen molar-refractivity contribution >= 4 is 35.2 Å². The van der Waals surface area contributed by atoms with Crippen molar-refractivity contribution in [3.63, 3.8) is 0 Å². The molecule has 0 saturated carbocycles. The quantitative estimate of drug-likeness (QED) is 0.875. The van der Waals surface area contributed by atoms with E-state index in [0.29, 0.717) is 22.2 Å². The number of benzene rings is 1. The van der Waals surface area contributed by atoms with Crippen molar-refractivity contribution in [1.29, 1.82) is 0 Å². The second kappa shape index (κ2) is 7.08. The molecular weight excluding hydrogens is 295 g/mol. The van der Waals surface area contributed by atoms with Gasteiger partial charge >= 0.3 is 0 Å². The van der Waals surface area contributed by atoms with E-state index in [1.54, 1.807) is 36.7 Å². The van der Waals surface area contributed by atoms with Gasteiger partial charge in [-0.15, -0.1) is 0 Å². The van der Waals surface area contributed by atoms with Crippen molar-refractivity contribution in [3.8, 4) is 0 Å². The lowest BCUT2D eigenvalue weighted by Gasteiger charge is -2.03. The Hall–Kier alpha value is -1.84. The number of carbonyl (C=O) groups excluding carboxylic acids is 1. The van der Waals surface area contributed by atoms with Gasteiger partial charge in [0.15, 0.2) is 0 Å². The Labute approximate surface area is 127 Å². The molecule has 0 aliphatic heterocycles. The highest BCUT2D eigenvalue weighted by Gasteiger charge is 2.02. The van der Waals surface area contributed by atoms with Gasteiger partial charge in [0.1, 0.15) is 0 Å². The van der Waals surface area contributed by atoms with Gasteiger partial charge in [-0.2, -0.15) is 0 Å². The molecule has 1 heterocycles. The average Bonchev–Trinajstić information content (AvgIpc) is 2.46. The number of rotatable bonds is 4. The Bertz CT molecular complexity index is 607. The van der Waals surface area contributed by atoms with Crippen molar-refractivity contribution in [3.05, 3.63) is 70.0 Å². The number of hydrogen-bond donors (Lipinski definition) is 1. The van der Waals surface area contributed by atoms with E-state index < -0.39 is 0 Å². The molecule has 2 rings (SSSR count). The minimum absolute atomic E-state index is 0.218. The minimum atomic E-state index is -0.218. The predicted octanol–water partition coefficient (Wildman–Crippen LogP) is 3.72. The van der Waals surface area contributed by atoms with Gasteiger partial charge in [-0.25, -0.2) is 0 Å². The van der Waals surface area contributed by atoms with E-state index >= 15 is 0 Å². The van der Waals surface area contributed by atoms with Crippen LogP contribution in [0.4, 0.5) is 0 Å². The number of nitrogens with one attached hydrogen (secondary N) is 1. The van der Waals surface area contributed by atoms with Gasteiger partial charge in [0.25, 0.3) is 0 Å². The number of pyridine rings is 1. The number of hydrogen-bond acceptors (Lipinski definition) is 2. The molecule has 3 nitrogen and oxygen atoms in total. The topological polar surface area (TPSA) is 42.0 Å². The Morgan fingerprint density at radius 2 is 1.95 bits per heavy atom. The Kier molecular flexibility index (Phi) is 5.16. The van der Waals surface area contributed by atoms with Crippen LogP contribution in [0.15, 0.2) is 48.8 Å². The van der Waals surface area contributed by atoms with Crippen LogP contribution in [0, 0.1) is 0 Å². The third kappa shape index (κ3) is 4.08. The van der Waals surface area contributed by atoms with E-state index in [9.17, 15) is 4.79 Å². The molecule has 0 aliphatic rings. The molecule has 1 N–H and O–H groups in total. The van der Waals surface area contributed by atoms with Crippen molar-refractivity contribution in [2.45, 2.75) is 6.54 Å². The molecule has 2 aromatic rings. The smallest absolute Gasteiger partial charge is 0.244 e. The van der Waals surface area contributed by atoms with Gasteiger partial charge < -0.3 is 5.32 Å². The standard InChI is InChI=1S/C15H12Cl2N2O/c16-13-4-1-5-14(17)12(13)6-7-15(20)19-10-11-3-2-8-18-9-11/h1-9H,10H2,(H,19,20)/b7-6+. The van der Waals surface area contributed by atoms with E-state index in [-0.39, 0.29) is 5.91 Å². The predicted molar refractivity (Wildman–Crippen MR) is 81.6 cm³/mol. The first-order chi connectivity index (χ1) is 9.66. The second-order valence-corrected chi connectivity index (χ2v) is 4.86. The molecular formula is C15H12Cl2N2O. The fourth-order valence-corrected chi connectivity index (χ4v) is 2.10. The number of carbonyl (C=O) groups is 1. The number of aromatic nitrogens is 1. The second-order valence-electron chi connectivity index (χ2n) is 4.05. The van der Waals surface area contributed by atoms with Crippen molar-refractivity contribution in [2.75, 3.05) is 0 Å². The van der Waals surface area contributed by atoms with Gasteiger partial charge in [-0.1, -0.05) is 35.3 Å². The molecule has 0 bridgehead atoms. The maximum Gasteiger partial charge on any atom is 0.244 e. The van der Waals surface area contributed by atoms with Crippen LogP contribution in [0.25, 0.3) is 6.08 Å². The first-order valence-corrected chi connectivity index (χ1v) is 6.71. The van der Waals surface area contributed by atoms with Crippen LogP contribution in [0.2, 0.25) is 10.0 Å². The highest BCUT2D eigenvalue weighted by atomic mass is 35.5. The Balaban J connectivity index is 1.96. The van der Waals surface area contributed by atoms with Crippen molar-refractivity contribution in [1.82, 2.24) is 10.3 Å². The summed E-state index contributed by atoms with van der Waals surface area (Å²) in [7, 11) is 0. The van der Waals surface area contributed by atoms with Gasteiger partial charge in [-0.05, 0) is 29.8 Å². The van der Waals surface area contributed by atoms with E-state index in [4.69, 9.17) is 23.2 Å². The lowest BCUT2D eigenvalue weighted by atomic mass is 10.2. The molecule has 0 atom stereocenters. The summed E-state index contributed by atoms with van der Waals surface area (Å²) in [5.74, 6) is -0.218. The molecule has 1 aromatic carbocycles. The summed E-state index contributed by atoms with van der Waals surface area (Å²) in [5.41, 5.74) is 1.57. The van der Waals surface area contributed by atoms with E-state index in [1.807, 2.05) is 12.1 Å². The zero-order valence-electron chi connectivity index (χ0n) is 10.5. The SMILES string of the molecule is O=C(/C=C/c1c(Cl)cccc1Cl)NCc1cccnc1. The van der Waals surface area contributed by atoms with Crippen LogP contribution in [0.5, 0.6) is 0 Å². The Morgan fingerprint density at radius 1 is 1.20 bits per heavy atom. The lowest BCUT2D eigenvalue weighted by Crippen LogP contribution is -2.20. The summed E-state index contributed by atoms with van der Waals surface area (Å²) >= 11 is 12.0. The monoisotopic (exact) mass is 306 g/mol. The van der Waals surface area contributed by atoms with Crippen LogP contribution >= 0.6 is 23.2 Å². The van der Waals surface area contributed by atoms with E-state index in [1.165, 1.54) is 6.08 Å². The summed E-state index contributed by atoms with van der Waals surface area (Å²) in [6, 6.07) is 8.91. The molecule has 0 fully saturated rings. The normalized spacial score (nSPS) is 10.7. The molecule has 0 saturated heterocycles. The Morgan fingerprint density at radius 3 is 2.60 bits per heavy atom. The third-order valence-corrected chi connectivity index (χ3v) is 3.25. The first kappa shape index (κ1) is 14.6. The minimum Gasteiger partial charge on any atom is -0.348 e. The largest absolute Gasteiger partial charge is 0.348 e. The number of amides is 1. The summed E-state index contributed by atoms with van der Waals surface area (Å²) in [5, 5.41) is 3.77. The van der Waals surface area contributed by atoms with Crippen molar-refractivity contribution < 1.29 is 4.79 Å². The zero-order valence-corrected chi connectivity index (χ0v) is 12.0. The fraction of sp³-hybridized carbons (Fsp3) is 0.0667. The number of halogens is 2. The van der Waals surface area contributed by atoms with Gasteiger partial charge in [0.05, 0.1) is 0 Å². The first-order valence-electron chi connectivity index (χ1n) is 5.95.